The summed E-state index contributed by atoms with van der Waals surface area (Å²) in [6.07, 6.45) is -1.92. The quantitative estimate of drug-likeness (QED) is 0.630. The molecule has 1 heterocycles. The van der Waals surface area contributed by atoms with Gasteiger partial charge in [0, 0.05) is 32.6 Å². The average molecular weight is 176 g/mol. The van der Waals surface area contributed by atoms with E-state index in [0.717, 1.165) is 4.90 Å². The van der Waals surface area contributed by atoms with Crippen molar-refractivity contribution >= 4 is 6.09 Å². The number of hydrogen-bond donors (Lipinski definition) is 2. The van der Waals surface area contributed by atoms with Gasteiger partial charge in [0.05, 0.1) is 0 Å². The topological polar surface area (TPSA) is 52.6 Å². The van der Waals surface area contributed by atoms with Crippen molar-refractivity contribution in [2.75, 3.05) is 26.7 Å². The first-order valence-electron chi connectivity index (χ1n) is 3.90. The van der Waals surface area contributed by atoms with Crippen LogP contribution in [0.4, 0.5) is 9.18 Å². The number of nitrogens with one attached hydrogen (secondary N) is 1. The Labute approximate surface area is 70.4 Å². The standard InChI is InChI=1S/C7H13FN2O2/c1-10(7(11)12)4-5-2-9-3-6(5)8/h5-6,9H,2-4H2,1H3,(H,11,12). The molecular formula is C7H13FN2O2. The second kappa shape index (κ2) is 3.71. The lowest BCUT2D eigenvalue weighted by molar-refractivity contribution is 0.141. The first-order valence-corrected chi connectivity index (χ1v) is 3.90. The molecule has 0 aliphatic carbocycles. The van der Waals surface area contributed by atoms with E-state index in [2.05, 4.69) is 5.32 Å². The van der Waals surface area contributed by atoms with Gasteiger partial charge in [-0.15, -0.1) is 0 Å². The summed E-state index contributed by atoms with van der Waals surface area (Å²) < 4.78 is 12.9. The molecule has 1 aliphatic heterocycles. The van der Waals surface area contributed by atoms with E-state index in [0.29, 0.717) is 13.1 Å². The predicted molar refractivity (Wildman–Crippen MR) is 41.9 cm³/mol. The molecule has 1 aliphatic rings. The maximum atomic E-state index is 12.9. The number of carbonyl (C=O) groups is 1. The average Bonchev–Trinajstić information content (AvgIpc) is 2.36. The summed E-state index contributed by atoms with van der Waals surface area (Å²) in [5.74, 6) is -0.189. The van der Waals surface area contributed by atoms with E-state index >= 15 is 0 Å². The highest BCUT2D eigenvalue weighted by molar-refractivity contribution is 5.64. The predicted octanol–water partition coefficient (Wildman–Crippen LogP) is 0.154. The Bertz CT molecular complexity index is 177. The van der Waals surface area contributed by atoms with Gasteiger partial charge in [-0.05, 0) is 0 Å². The molecule has 0 bridgehead atoms. The lowest BCUT2D eigenvalue weighted by Crippen LogP contribution is -2.34. The Kier molecular flexibility index (Phi) is 2.86. The number of hydrogen-bond acceptors (Lipinski definition) is 2. The summed E-state index contributed by atoms with van der Waals surface area (Å²) in [5.41, 5.74) is 0. The maximum Gasteiger partial charge on any atom is 0.407 e. The van der Waals surface area contributed by atoms with Crippen LogP contribution in [0.3, 0.4) is 0 Å². The molecule has 12 heavy (non-hydrogen) atoms. The van der Waals surface area contributed by atoms with Gasteiger partial charge in [0.25, 0.3) is 0 Å². The Balaban J connectivity index is 2.35. The summed E-state index contributed by atoms with van der Waals surface area (Å²) in [6.45, 7) is 1.18. The molecule has 0 aromatic rings. The van der Waals surface area contributed by atoms with Gasteiger partial charge in [0.2, 0.25) is 0 Å². The van der Waals surface area contributed by atoms with Gasteiger partial charge in [-0.3, -0.25) is 0 Å². The Hall–Kier alpha value is -0.840. The molecule has 0 saturated carbocycles. The minimum absolute atomic E-state index is 0.189. The fourth-order valence-corrected chi connectivity index (χ4v) is 1.31. The van der Waals surface area contributed by atoms with E-state index in [1.54, 1.807) is 0 Å². The summed E-state index contributed by atoms with van der Waals surface area (Å²) in [4.78, 5) is 11.5. The third-order valence-corrected chi connectivity index (χ3v) is 2.09. The molecular weight excluding hydrogens is 163 g/mol. The highest BCUT2D eigenvalue weighted by atomic mass is 19.1. The zero-order valence-electron chi connectivity index (χ0n) is 6.96. The Morgan fingerprint density at radius 2 is 2.42 bits per heavy atom. The molecule has 1 amide bonds. The van der Waals surface area contributed by atoms with Gasteiger partial charge in [-0.25, -0.2) is 9.18 Å². The van der Waals surface area contributed by atoms with Crippen molar-refractivity contribution in [3.05, 3.63) is 0 Å². The number of alkyl halides is 1. The normalized spacial score (nSPS) is 28.8. The molecule has 2 N–H and O–H groups in total. The fraction of sp³-hybridized carbons (Fsp3) is 0.857. The van der Waals surface area contributed by atoms with Crippen LogP contribution >= 0.6 is 0 Å². The van der Waals surface area contributed by atoms with Gasteiger partial charge < -0.3 is 15.3 Å². The molecule has 1 rings (SSSR count). The zero-order chi connectivity index (χ0) is 9.14. The molecule has 0 aromatic carbocycles. The van der Waals surface area contributed by atoms with E-state index < -0.39 is 12.3 Å². The molecule has 2 atom stereocenters. The number of amides is 1. The largest absolute Gasteiger partial charge is 0.465 e. The first-order chi connectivity index (χ1) is 5.61. The van der Waals surface area contributed by atoms with Gasteiger partial charge in [-0.1, -0.05) is 0 Å². The van der Waals surface area contributed by atoms with Gasteiger partial charge in [0.1, 0.15) is 6.17 Å². The van der Waals surface area contributed by atoms with E-state index in [9.17, 15) is 9.18 Å². The second-order valence-electron chi connectivity index (χ2n) is 3.10. The lowest BCUT2D eigenvalue weighted by Gasteiger charge is -2.18. The fourth-order valence-electron chi connectivity index (χ4n) is 1.31. The molecule has 5 heteroatoms. The van der Waals surface area contributed by atoms with E-state index in [1.165, 1.54) is 7.05 Å². The van der Waals surface area contributed by atoms with Crippen molar-refractivity contribution in [2.45, 2.75) is 6.17 Å². The van der Waals surface area contributed by atoms with Crippen LogP contribution in [0.2, 0.25) is 0 Å². The van der Waals surface area contributed by atoms with Crippen LogP contribution in [0.15, 0.2) is 0 Å². The number of nitrogens with zero attached hydrogens (tertiary/aromatic N) is 1. The number of rotatable bonds is 2. The summed E-state index contributed by atoms with van der Waals surface area (Å²) in [5, 5.41) is 11.4. The van der Waals surface area contributed by atoms with E-state index in [-0.39, 0.29) is 12.5 Å². The molecule has 0 spiro atoms. The van der Waals surface area contributed by atoms with Gasteiger partial charge >= 0.3 is 6.09 Å². The van der Waals surface area contributed by atoms with Crippen molar-refractivity contribution in [3.63, 3.8) is 0 Å². The van der Waals surface area contributed by atoms with Crippen LogP contribution in [-0.2, 0) is 0 Å². The van der Waals surface area contributed by atoms with Crippen molar-refractivity contribution in [3.8, 4) is 0 Å². The van der Waals surface area contributed by atoms with Crippen LogP contribution < -0.4 is 5.32 Å². The van der Waals surface area contributed by atoms with E-state index in [4.69, 9.17) is 5.11 Å². The van der Waals surface area contributed by atoms with Gasteiger partial charge in [-0.2, -0.15) is 0 Å². The molecule has 1 saturated heterocycles. The SMILES string of the molecule is CN(CC1CNCC1F)C(=O)O. The summed E-state index contributed by atoms with van der Waals surface area (Å²) in [6, 6.07) is 0. The molecule has 0 radical (unpaired) electrons. The van der Waals surface area contributed by atoms with Crippen LogP contribution in [-0.4, -0.2) is 49.0 Å². The minimum Gasteiger partial charge on any atom is -0.465 e. The van der Waals surface area contributed by atoms with Crippen molar-refractivity contribution in [2.24, 2.45) is 5.92 Å². The molecule has 4 nitrogen and oxygen atoms in total. The van der Waals surface area contributed by atoms with Crippen molar-refractivity contribution in [1.29, 1.82) is 0 Å². The van der Waals surface area contributed by atoms with Crippen LogP contribution in [0.5, 0.6) is 0 Å². The Morgan fingerprint density at radius 3 is 2.83 bits per heavy atom. The zero-order valence-corrected chi connectivity index (χ0v) is 6.96. The monoisotopic (exact) mass is 176 g/mol. The molecule has 2 unspecified atom stereocenters. The third-order valence-electron chi connectivity index (χ3n) is 2.09. The van der Waals surface area contributed by atoms with Crippen LogP contribution in [0, 0.1) is 5.92 Å². The molecule has 0 aromatic heterocycles. The molecule has 1 fully saturated rings. The summed E-state index contributed by atoms with van der Waals surface area (Å²) in [7, 11) is 1.45. The second-order valence-corrected chi connectivity index (χ2v) is 3.10. The smallest absolute Gasteiger partial charge is 0.407 e. The number of carboxylic acid groups (broad SMARTS) is 1. The van der Waals surface area contributed by atoms with Gasteiger partial charge in [0.15, 0.2) is 0 Å². The van der Waals surface area contributed by atoms with Crippen LogP contribution in [0.1, 0.15) is 0 Å². The highest BCUT2D eigenvalue weighted by Gasteiger charge is 2.28. The first kappa shape index (κ1) is 9.25. The molecule has 70 valence electrons. The lowest BCUT2D eigenvalue weighted by atomic mass is 10.1. The summed E-state index contributed by atoms with van der Waals surface area (Å²) >= 11 is 0. The number of halogens is 1. The maximum absolute atomic E-state index is 12.9. The third kappa shape index (κ3) is 2.07. The minimum atomic E-state index is -1.01. The van der Waals surface area contributed by atoms with Crippen LogP contribution in [0.25, 0.3) is 0 Å². The van der Waals surface area contributed by atoms with Crippen molar-refractivity contribution in [1.82, 2.24) is 10.2 Å². The van der Waals surface area contributed by atoms with E-state index in [1.807, 2.05) is 0 Å². The Morgan fingerprint density at radius 1 is 1.75 bits per heavy atom. The highest BCUT2D eigenvalue weighted by Crippen LogP contribution is 2.13. The van der Waals surface area contributed by atoms with Crippen molar-refractivity contribution < 1.29 is 14.3 Å².